The summed E-state index contributed by atoms with van der Waals surface area (Å²) in [6.07, 6.45) is 22.4. The van der Waals surface area contributed by atoms with Crippen LogP contribution in [0.2, 0.25) is 0 Å². The molecule has 0 aromatic carbocycles. The van der Waals surface area contributed by atoms with Crippen molar-refractivity contribution in [1.29, 1.82) is 0 Å². The summed E-state index contributed by atoms with van der Waals surface area (Å²) in [6.45, 7) is 13.8. The molecule has 9 heteroatoms. The number of nitrogens with zero attached hydrogens (tertiary/aromatic N) is 5. The molecule has 0 aliphatic carbocycles. The fourth-order valence-electron chi connectivity index (χ4n) is 4.65. The summed E-state index contributed by atoms with van der Waals surface area (Å²) < 4.78 is 17.8. The van der Waals surface area contributed by atoms with E-state index in [0.29, 0.717) is 48.1 Å². The highest BCUT2D eigenvalue weighted by molar-refractivity contribution is 6.06. The molecule has 2 aliphatic rings. The molecule has 2 aliphatic heterocycles. The summed E-state index contributed by atoms with van der Waals surface area (Å²) in [5.74, 6) is 1.01. The highest BCUT2D eigenvalue weighted by atomic mass is 16.5. The third kappa shape index (κ3) is 7.43. The van der Waals surface area contributed by atoms with Crippen molar-refractivity contribution < 1.29 is 13.9 Å². The molecule has 1 aromatic heterocycles. The van der Waals surface area contributed by atoms with Crippen LogP contribution in [-0.2, 0) is 15.1 Å². The van der Waals surface area contributed by atoms with E-state index in [4.69, 9.17) is 13.9 Å². The average molecular weight is 557 g/mol. The molecule has 2 unspecified atom stereocenters. The van der Waals surface area contributed by atoms with Gasteiger partial charge in [0.05, 0.1) is 24.7 Å². The monoisotopic (exact) mass is 556 g/mol. The second-order valence-corrected chi connectivity index (χ2v) is 9.37. The van der Waals surface area contributed by atoms with Crippen LogP contribution in [0, 0.1) is 5.92 Å². The lowest BCUT2D eigenvalue weighted by Gasteiger charge is -2.33. The highest BCUT2D eigenvalue weighted by Crippen LogP contribution is 2.37. The summed E-state index contributed by atoms with van der Waals surface area (Å²) in [6, 6.07) is 0. The third-order valence-electron chi connectivity index (χ3n) is 6.67. The zero-order chi connectivity index (χ0) is 29.7. The summed E-state index contributed by atoms with van der Waals surface area (Å²) in [5, 5.41) is 3.57. The standard InChI is InChI=1S/C32H40N6O3/c1-8-12-28(32(40-7,31-37-18-19-41-31)21-25(10-3)34-15-9-2)38-27-20-24(14-17-36-30(27)39-6)26(22-33-5)29-23(4)13-11-16-35-29/h9-12,15-20,22-23,38H,3,5,8,13-14,21H2,1-2,4,6-7H3/b15-9-,26-22-,28-12?,34-25?. The number of rotatable bonds is 14. The lowest BCUT2D eigenvalue weighted by molar-refractivity contribution is -0.00269. The summed E-state index contributed by atoms with van der Waals surface area (Å²) >= 11 is 0. The molecule has 0 saturated carbocycles. The van der Waals surface area contributed by atoms with Crippen molar-refractivity contribution in [3.8, 4) is 0 Å². The molecule has 1 N–H and O–H groups in total. The van der Waals surface area contributed by atoms with Crippen molar-refractivity contribution in [2.24, 2.45) is 25.9 Å². The van der Waals surface area contributed by atoms with Crippen molar-refractivity contribution in [2.75, 3.05) is 14.2 Å². The van der Waals surface area contributed by atoms with Gasteiger partial charge in [0.2, 0.25) is 11.8 Å². The van der Waals surface area contributed by atoms with E-state index < -0.39 is 5.60 Å². The van der Waals surface area contributed by atoms with Crippen molar-refractivity contribution in [3.63, 3.8) is 0 Å². The van der Waals surface area contributed by atoms with Gasteiger partial charge in [0.1, 0.15) is 12.0 Å². The topological polar surface area (TPSA) is 106 Å². The summed E-state index contributed by atoms with van der Waals surface area (Å²) in [7, 11) is 3.21. The first-order chi connectivity index (χ1) is 20.0. The Bertz CT molecular complexity index is 1360. The maximum atomic E-state index is 6.25. The van der Waals surface area contributed by atoms with Crippen LogP contribution in [0.15, 0.2) is 121 Å². The third-order valence-corrected chi connectivity index (χ3v) is 6.67. The number of aromatic nitrogens is 1. The van der Waals surface area contributed by atoms with E-state index in [1.54, 1.807) is 38.9 Å². The molecule has 2 atom stereocenters. The first kappa shape index (κ1) is 31.2. The second-order valence-electron chi connectivity index (χ2n) is 9.37. The van der Waals surface area contributed by atoms with E-state index in [0.717, 1.165) is 23.3 Å². The minimum absolute atomic E-state index is 0.229. The molecule has 3 heterocycles. The van der Waals surface area contributed by atoms with Gasteiger partial charge in [0, 0.05) is 62.0 Å². The predicted octanol–water partition coefficient (Wildman–Crippen LogP) is 6.75. The Balaban J connectivity index is 2.18. The van der Waals surface area contributed by atoms with Gasteiger partial charge in [0.25, 0.3) is 0 Å². The lowest BCUT2D eigenvalue weighted by Crippen LogP contribution is -2.40. The van der Waals surface area contributed by atoms with Gasteiger partial charge in [0.15, 0.2) is 5.60 Å². The molecule has 0 amide bonds. The fraction of sp³-hybridized carbons (Fsp3) is 0.344. The molecule has 3 rings (SSSR count). The Hall–Kier alpha value is -4.37. The van der Waals surface area contributed by atoms with Crippen molar-refractivity contribution in [2.45, 2.75) is 52.1 Å². The quantitative estimate of drug-likeness (QED) is 0.255. The van der Waals surface area contributed by atoms with E-state index in [-0.39, 0.29) is 5.92 Å². The Kier molecular flexibility index (Phi) is 11.7. The number of aliphatic imine (C=N–C) groups is 4. The van der Waals surface area contributed by atoms with Gasteiger partial charge >= 0.3 is 0 Å². The smallest absolute Gasteiger partial charge is 0.237 e. The van der Waals surface area contributed by atoms with Crippen molar-refractivity contribution >= 4 is 24.4 Å². The lowest BCUT2D eigenvalue weighted by atomic mass is 9.88. The van der Waals surface area contributed by atoms with Crippen molar-refractivity contribution in [3.05, 3.63) is 102 Å². The molecular formula is C32H40N6O3. The van der Waals surface area contributed by atoms with Gasteiger partial charge < -0.3 is 19.2 Å². The van der Waals surface area contributed by atoms with E-state index in [1.807, 2.05) is 44.5 Å². The van der Waals surface area contributed by atoms with Crippen LogP contribution in [0.3, 0.4) is 0 Å². The van der Waals surface area contributed by atoms with Crippen LogP contribution < -0.4 is 5.32 Å². The van der Waals surface area contributed by atoms with E-state index in [2.05, 4.69) is 56.6 Å². The van der Waals surface area contributed by atoms with Crippen molar-refractivity contribution in [1.82, 2.24) is 10.3 Å². The molecule has 0 bridgehead atoms. The number of methoxy groups -OCH3 is 2. The van der Waals surface area contributed by atoms with Crippen LogP contribution in [0.4, 0.5) is 0 Å². The Labute approximate surface area is 243 Å². The molecule has 0 fully saturated rings. The van der Waals surface area contributed by atoms with Gasteiger partial charge in [-0.2, -0.15) is 0 Å². The summed E-state index contributed by atoms with van der Waals surface area (Å²) in [4.78, 5) is 22.5. The molecule has 1 aromatic rings. The van der Waals surface area contributed by atoms with Gasteiger partial charge in [-0.15, -0.1) is 0 Å². The minimum atomic E-state index is -1.15. The zero-order valence-corrected chi connectivity index (χ0v) is 24.6. The number of allylic oxidation sites excluding steroid dienone is 7. The number of ether oxygens (including phenoxy) is 2. The van der Waals surface area contributed by atoms with Crippen LogP contribution in [0.25, 0.3) is 0 Å². The maximum absolute atomic E-state index is 6.25. The van der Waals surface area contributed by atoms with Crippen LogP contribution >= 0.6 is 0 Å². The molecule has 216 valence electrons. The van der Waals surface area contributed by atoms with E-state index in [1.165, 1.54) is 6.26 Å². The molecule has 41 heavy (non-hydrogen) atoms. The number of nitrogens with one attached hydrogen (secondary N) is 1. The van der Waals surface area contributed by atoms with Gasteiger partial charge in [-0.25, -0.2) is 9.98 Å². The largest absolute Gasteiger partial charge is 0.480 e. The first-order valence-electron chi connectivity index (χ1n) is 13.6. The SMILES string of the molecule is C=CC(CC(OC)(C(=CCC)NC1=C(OC)N=CCC(/C(=C/N=C)C2=NC=CCC2C)=C1)c1ncco1)=N/C=C\C. The average Bonchev–Trinajstić information content (AvgIpc) is 3.46. The fourth-order valence-corrected chi connectivity index (χ4v) is 4.65. The number of oxazole rings is 1. The Morgan fingerprint density at radius 3 is 2.78 bits per heavy atom. The molecular weight excluding hydrogens is 516 g/mol. The number of hydrogen-bond acceptors (Lipinski definition) is 9. The predicted molar refractivity (Wildman–Crippen MR) is 167 cm³/mol. The highest BCUT2D eigenvalue weighted by Gasteiger charge is 2.42. The zero-order valence-electron chi connectivity index (χ0n) is 24.6. The number of hydrogen-bond donors (Lipinski definition) is 1. The molecule has 0 saturated heterocycles. The van der Waals surface area contributed by atoms with Crippen LogP contribution in [0.1, 0.15) is 52.3 Å². The summed E-state index contributed by atoms with van der Waals surface area (Å²) in [5.41, 5.74) is 3.68. The van der Waals surface area contributed by atoms with Gasteiger partial charge in [-0.05, 0) is 44.2 Å². The maximum Gasteiger partial charge on any atom is 0.237 e. The first-order valence-corrected chi connectivity index (χ1v) is 13.6. The van der Waals surface area contributed by atoms with E-state index in [9.17, 15) is 0 Å². The van der Waals surface area contributed by atoms with Crippen LogP contribution in [-0.4, -0.2) is 43.6 Å². The Morgan fingerprint density at radius 1 is 1.34 bits per heavy atom. The minimum Gasteiger partial charge on any atom is -0.480 e. The molecule has 9 nitrogen and oxygen atoms in total. The van der Waals surface area contributed by atoms with E-state index >= 15 is 0 Å². The molecule has 0 radical (unpaired) electrons. The van der Waals surface area contributed by atoms with Gasteiger partial charge in [-0.3, -0.25) is 15.0 Å². The Morgan fingerprint density at radius 2 is 2.17 bits per heavy atom. The van der Waals surface area contributed by atoms with Crippen LogP contribution in [0.5, 0.6) is 0 Å². The molecule has 0 spiro atoms. The van der Waals surface area contributed by atoms with Gasteiger partial charge in [-0.1, -0.05) is 38.7 Å². The normalized spacial score (nSPS) is 19.9. The second kappa shape index (κ2) is 15.4.